The first-order chi connectivity index (χ1) is 17.2. The van der Waals surface area contributed by atoms with Gasteiger partial charge in [0, 0.05) is 11.8 Å². The summed E-state index contributed by atoms with van der Waals surface area (Å²) in [6, 6.07) is 6.75. The van der Waals surface area contributed by atoms with Crippen LogP contribution in [0.15, 0.2) is 46.1 Å². The fraction of sp³-hybridized carbons (Fsp3) is 0.500. The second-order valence-corrected chi connectivity index (χ2v) is 10.9. The number of H-pyrrole nitrogens is 1. The summed E-state index contributed by atoms with van der Waals surface area (Å²) in [5.41, 5.74) is -1.64. The maximum Gasteiger partial charge on any atom is 0.459 e. The molecular formula is C22H28ClFN3O9P. The van der Waals surface area contributed by atoms with E-state index in [-0.39, 0.29) is 11.3 Å². The van der Waals surface area contributed by atoms with E-state index in [1.54, 1.807) is 32.0 Å². The number of ether oxygens (including phenoxy) is 2. The lowest BCUT2D eigenvalue weighted by Gasteiger charge is -2.25. The van der Waals surface area contributed by atoms with E-state index in [1.165, 1.54) is 26.0 Å². The van der Waals surface area contributed by atoms with Crippen LogP contribution < -0.4 is 20.9 Å². The van der Waals surface area contributed by atoms with Gasteiger partial charge in [0.05, 0.1) is 12.7 Å². The molecule has 37 heavy (non-hydrogen) atoms. The van der Waals surface area contributed by atoms with Crippen LogP contribution in [0.4, 0.5) is 4.39 Å². The summed E-state index contributed by atoms with van der Waals surface area (Å²) < 4.78 is 51.1. The first kappa shape index (κ1) is 29.0. The molecule has 0 amide bonds. The van der Waals surface area contributed by atoms with Gasteiger partial charge in [0.25, 0.3) is 10.7 Å². The number of benzene rings is 1. The minimum atomic E-state index is -4.35. The normalized spacial score (nSPS) is 26.0. The SMILES string of the molecule is Cc1cn([C@@H]2O[C@H](CO[P@@](=O)(N[C@H](C)C(=O)OC(C)C)Oc3ccccc3)[C@@H](O)[C@]2(F)Cl)c(=O)[nH]c1=O. The molecule has 1 aromatic carbocycles. The van der Waals surface area contributed by atoms with Crippen LogP contribution in [-0.2, 0) is 23.4 Å². The average Bonchev–Trinajstić information content (AvgIpc) is 3.03. The first-order valence-corrected chi connectivity index (χ1v) is 13.2. The number of aliphatic hydroxyl groups is 1. The van der Waals surface area contributed by atoms with E-state index >= 15 is 4.39 Å². The van der Waals surface area contributed by atoms with Crippen molar-refractivity contribution in [1.82, 2.24) is 14.6 Å². The van der Waals surface area contributed by atoms with Gasteiger partial charge in [-0.2, -0.15) is 5.09 Å². The summed E-state index contributed by atoms with van der Waals surface area (Å²) >= 11 is 5.91. The van der Waals surface area contributed by atoms with Gasteiger partial charge < -0.3 is 19.1 Å². The van der Waals surface area contributed by atoms with Gasteiger partial charge in [0.15, 0.2) is 6.23 Å². The van der Waals surface area contributed by atoms with Crippen molar-refractivity contribution in [3.8, 4) is 5.75 Å². The third-order valence-corrected chi connectivity index (χ3v) is 7.27. The molecule has 2 heterocycles. The Bertz CT molecular complexity index is 1270. The molecule has 3 N–H and O–H groups in total. The van der Waals surface area contributed by atoms with Crippen LogP contribution in [0.3, 0.4) is 0 Å². The smallest absolute Gasteiger partial charge is 0.459 e. The van der Waals surface area contributed by atoms with Gasteiger partial charge in [-0.05, 0) is 39.8 Å². The monoisotopic (exact) mass is 563 g/mol. The van der Waals surface area contributed by atoms with Crippen molar-refractivity contribution < 1.29 is 37.4 Å². The third kappa shape index (κ3) is 6.86. The number of aryl methyl sites for hydroxylation is 1. The van der Waals surface area contributed by atoms with E-state index in [1.807, 2.05) is 4.98 Å². The van der Waals surface area contributed by atoms with Gasteiger partial charge in [-0.15, -0.1) is 0 Å². The Kier molecular flexibility index (Phi) is 8.99. The number of aromatic nitrogens is 2. The number of hydrogen-bond acceptors (Lipinski definition) is 9. The summed E-state index contributed by atoms with van der Waals surface area (Å²) in [6.45, 7) is 5.31. The Morgan fingerprint density at radius 1 is 1.32 bits per heavy atom. The number of carbonyl (C=O) groups is 1. The number of esters is 1. The Morgan fingerprint density at radius 3 is 2.59 bits per heavy atom. The number of alkyl halides is 2. The largest absolute Gasteiger partial charge is 0.462 e. The standard InChI is InChI=1S/C22H28ClFN3O9P/c1-12(2)34-19(30)14(4)26-37(32,36-15-8-6-5-7-9-15)33-11-16-17(28)22(23,24)20(35-16)27-10-13(3)18(29)25-21(27)31/h5-10,12,14,16-17,20,28H,11H2,1-4H3,(H,26,32)(H,25,29,31)/t14-,16-,17-,20-,22-,37+/m1/s1. The van der Waals surface area contributed by atoms with E-state index in [9.17, 15) is 24.1 Å². The predicted molar refractivity (Wildman–Crippen MR) is 130 cm³/mol. The summed E-state index contributed by atoms with van der Waals surface area (Å²) in [4.78, 5) is 38.2. The van der Waals surface area contributed by atoms with Crippen molar-refractivity contribution in [3.05, 3.63) is 62.9 Å². The zero-order chi connectivity index (χ0) is 27.5. The van der Waals surface area contributed by atoms with Crippen molar-refractivity contribution in [2.24, 2.45) is 0 Å². The van der Waals surface area contributed by atoms with Crippen LogP contribution in [0.25, 0.3) is 0 Å². The van der Waals surface area contributed by atoms with Crippen molar-refractivity contribution in [3.63, 3.8) is 0 Å². The maximum atomic E-state index is 15.3. The number of rotatable bonds is 10. The molecule has 1 fully saturated rings. The number of nitrogens with zero attached hydrogens (tertiary/aromatic N) is 1. The van der Waals surface area contributed by atoms with Crippen LogP contribution in [0.5, 0.6) is 5.75 Å². The van der Waals surface area contributed by atoms with Crippen LogP contribution in [-0.4, -0.2) is 56.7 Å². The van der Waals surface area contributed by atoms with Crippen molar-refractivity contribution in [2.75, 3.05) is 6.61 Å². The molecule has 0 radical (unpaired) electrons. The molecule has 1 aliphatic rings. The number of aliphatic hydroxyl groups excluding tert-OH is 1. The summed E-state index contributed by atoms with van der Waals surface area (Å²) in [5.74, 6) is -0.606. The fourth-order valence-corrected chi connectivity index (χ4v) is 5.17. The minimum absolute atomic E-state index is 0.0667. The molecule has 204 valence electrons. The van der Waals surface area contributed by atoms with E-state index in [0.717, 1.165) is 6.20 Å². The van der Waals surface area contributed by atoms with Gasteiger partial charge in [-0.1, -0.05) is 29.8 Å². The van der Waals surface area contributed by atoms with Crippen molar-refractivity contribution >= 4 is 25.3 Å². The number of nitrogens with one attached hydrogen (secondary N) is 2. The molecular weight excluding hydrogens is 536 g/mol. The summed E-state index contributed by atoms with van der Waals surface area (Å²) in [5, 5.41) is 9.93. The van der Waals surface area contributed by atoms with Gasteiger partial charge >= 0.3 is 19.4 Å². The molecule has 0 aliphatic carbocycles. The fourth-order valence-electron chi connectivity index (χ4n) is 3.37. The number of hydrogen-bond donors (Lipinski definition) is 3. The first-order valence-electron chi connectivity index (χ1n) is 11.2. The summed E-state index contributed by atoms with van der Waals surface area (Å²) in [7, 11) is -4.35. The number of para-hydroxylation sites is 1. The highest BCUT2D eigenvalue weighted by Crippen LogP contribution is 2.48. The lowest BCUT2D eigenvalue weighted by molar-refractivity contribution is -0.149. The van der Waals surface area contributed by atoms with E-state index < -0.39 is 67.3 Å². The molecule has 1 saturated heterocycles. The second kappa shape index (κ2) is 11.5. The highest BCUT2D eigenvalue weighted by atomic mass is 35.5. The number of carbonyl (C=O) groups excluding carboxylic acids is 1. The van der Waals surface area contributed by atoms with Crippen LogP contribution in [0.1, 0.15) is 32.6 Å². The molecule has 1 aliphatic heterocycles. The molecule has 3 rings (SSSR count). The molecule has 1 aromatic heterocycles. The van der Waals surface area contributed by atoms with Crippen LogP contribution in [0.2, 0.25) is 0 Å². The Hall–Kier alpha value is -2.54. The van der Waals surface area contributed by atoms with E-state index in [2.05, 4.69) is 5.09 Å². The molecule has 12 nitrogen and oxygen atoms in total. The van der Waals surface area contributed by atoms with Crippen molar-refractivity contribution in [1.29, 1.82) is 0 Å². The van der Waals surface area contributed by atoms with E-state index in [0.29, 0.717) is 4.57 Å². The Balaban J connectivity index is 1.82. The predicted octanol–water partition coefficient (Wildman–Crippen LogP) is 2.14. The molecule has 15 heteroatoms. The second-order valence-electron chi connectivity index (χ2n) is 8.66. The van der Waals surface area contributed by atoms with Crippen LogP contribution >= 0.6 is 19.3 Å². The Labute approximate surface area is 216 Å². The molecule has 0 bridgehead atoms. The molecule has 0 saturated carbocycles. The number of halogens is 2. The zero-order valence-corrected chi connectivity index (χ0v) is 22.1. The molecule has 6 atom stereocenters. The van der Waals surface area contributed by atoms with Crippen LogP contribution in [0, 0.1) is 6.92 Å². The summed E-state index contributed by atoms with van der Waals surface area (Å²) in [6.07, 6.45) is -4.84. The van der Waals surface area contributed by atoms with Crippen molar-refractivity contribution in [2.45, 2.75) is 63.4 Å². The average molecular weight is 564 g/mol. The van der Waals surface area contributed by atoms with Gasteiger partial charge in [-0.25, -0.2) is 13.8 Å². The number of aromatic amines is 1. The van der Waals surface area contributed by atoms with Gasteiger partial charge in [0.1, 0.15) is 24.0 Å². The highest BCUT2D eigenvalue weighted by molar-refractivity contribution is 7.52. The van der Waals surface area contributed by atoms with Gasteiger partial charge in [0.2, 0.25) is 0 Å². The maximum absolute atomic E-state index is 15.3. The quantitative estimate of drug-likeness (QED) is 0.222. The zero-order valence-electron chi connectivity index (χ0n) is 20.4. The third-order valence-electron chi connectivity index (χ3n) is 5.21. The lowest BCUT2D eigenvalue weighted by Crippen LogP contribution is -2.42. The minimum Gasteiger partial charge on any atom is -0.462 e. The molecule has 2 aromatic rings. The lowest BCUT2D eigenvalue weighted by atomic mass is 10.1. The molecule has 0 unspecified atom stereocenters. The topological polar surface area (TPSA) is 158 Å². The van der Waals surface area contributed by atoms with Gasteiger partial charge in [-0.3, -0.25) is 23.7 Å². The Morgan fingerprint density at radius 2 is 1.97 bits per heavy atom. The highest BCUT2D eigenvalue weighted by Gasteiger charge is 2.58. The molecule has 0 spiro atoms. The van der Waals surface area contributed by atoms with E-state index in [4.69, 9.17) is 30.1 Å².